The monoisotopic (exact) mass is 521 g/mol. The van der Waals surface area contributed by atoms with Crippen molar-refractivity contribution in [3.05, 3.63) is 52.5 Å². The first-order chi connectivity index (χ1) is 15.0. The Balaban J connectivity index is 1.70. The Labute approximate surface area is 198 Å². The zero-order chi connectivity index (χ0) is 23.3. The summed E-state index contributed by atoms with van der Waals surface area (Å²) >= 11 is 3.49. The second-order valence-electron chi connectivity index (χ2n) is 9.26. The van der Waals surface area contributed by atoms with Gasteiger partial charge in [-0.1, -0.05) is 28.1 Å². The van der Waals surface area contributed by atoms with Crippen LogP contribution in [0.5, 0.6) is 0 Å². The number of piperazine rings is 1. The number of hydrogen-bond acceptors (Lipinski definition) is 5. The fraction of sp³-hybridized carbons (Fsp3) is 0.435. The predicted molar refractivity (Wildman–Crippen MR) is 129 cm³/mol. The van der Waals surface area contributed by atoms with Crippen molar-refractivity contribution in [3.63, 3.8) is 0 Å². The molecule has 9 heteroatoms. The van der Waals surface area contributed by atoms with Crippen molar-refractivity contribution in [3.8, 4) is 0 Å². The van der Waals surface area contributed by atoms with E-state index < -0.39 is 15.6 Å². The quantitative estimate of drug-likeness (QED) is 0.585. The molecule has 0 unspecified atom stereocenters. The average Bonchev–Trinajstić information content (AvgIpc) is 2.71. The normalized spacial score (nSPS) is 18.8. The number of ether oxygens (including phenoxy) is 1. The van der Waals surface area contributed by atoms with E-state index in [1.807, 2.05) is 52.0 Å². The first-order valence-corrected chi connectivity index (χ1v) is 12.8. The highest BCUT2D eigenvalue weighted by atomic mass is 79.9. The maximum absolute atomic E-state index is 13.7. The van der Waals surface area contributed by atoms with Crippen LogP contribution in [0, 0.1) is 6.92 Å². The number of halogens is 1. The Hall–Kier alpha value is -2.26. The molecule has 1 atom stereocenters. The third-order valence-electron chi connectivity index (χ3n) is 5.60. The molecule has 172 valence electrons. The number of amides is 1. The van der Waals surface area contributed by atoms with Gasteiger partial charge in [-0.05, 0) is 63.6 Å². The average molecular weight is 522 g/mol. The van der Waals surface area contributed by atoms with Crippen molar-refractivity contribution in [2.75, 3.05) is 35.4 Å². The van der Waals surface area contributed by atoms with Crippen LogP contribution in [-0.2, 0) is 14.8 Å². The summed E-state index contributed by atoms with van der Waals surface area (Å²) < 4.78 is 35.2. The van der Waals surface area contributed by atoms with E-state index in [0.29, 0.717) is 25.3 Å². The van der Waals surface area contributed by atoms with E-state index >= 15 is 0 Å². The fourth-order valence-corrected chi connectivity index (χ4v) is 6.14. The highest BCUT2D eigenvalue weighted by Crippen LogP contribution is 2.41. The summed E-state index contributed by atoms with van der Waals surface area (Å²) in [6.45, 7) is 9.16. The summed E-state index contributed by atoms with van der Waals surface area (Å²) in [5.74, 6) is 0. The maximum atomic E-state index is 13.7. The molecular formula is C23H28BrN3O4S. The number of carbonyl (C=O) groups is 1. The SMILES string of the molecule is Cc1cccc(S(=O)(=O)N2C[C@@H]3CN(C(=O)OC(C)(C)C)CCN3c3ccc(Br)cc32)c1. The molecule has 32 heavy (non-hydrogen) atoms. The molecule has 0 saturated carbocycles. The van der Waals surface area contributed by atoms with Gasteiger partial charge in [-0.3, -0.25) is 4.31 Å². The summed E-state index contributed by atoms with van der Waals surface area (Å²) in [4.78, 5) is 16.8. The van der Waals surface area contributed by atoms with Gasteiger partial charge in [-0.2, -0.15) is 0 Å². The largest absolute Gasteiger partial charge is 0.444 e. The van der Waals surface area contributed by atoms with Gasteiger partial charge < -0.3 is 14.5 Å². The zero-order valence-corrected chi connectivity index (χ0v) is 21.1. The second kappa shape index (κ2) is 8.26. The summed E-state index contributed by atoms with van der Waals surface area (Å²) in [5.41, 5.74) is 1.79. The number of benzene rings is 2. The first kappa shape index (κ1) is 22.9. The van der Waals surface area contributed by atoms with Crippen LogP contribution in [0.1, 0.15) is 26.3 Å². The van der Waals surface area contributed by atoms with Gasteiger partial charge in [-0.15, -0.1) is 0 Å². The minimum absolute atomic E-state index is 0.176. The molecule has 2 aliphatic rings. The van der Waals surface area contributed by atoms with Crippen molar-refractivity contribution < 1.29 is 17.9 Å². The van der Waals surface area contributed by atoms with Crippen molar-refractivity contribution >= 4 is 43.4 Å². The highest BCUT2D eigenvalue weighted by Gasteiger charge is 2.41. The van der Waals surface area contributed by atoms with Crippen LogP contribution in [0.3, 0.4) is 0 Å². The van der Waals surface area contributed by atoms with Gasteiger partial charge in [0.15, 0.2) is 0 Å². The zero-order valence-electron chi connectivity index (χ0n) is 18.7. The summed E-state index contributed by atoms with van der Waals surface area (Å²) in [6, 6.07) is 12.5. The van der Waals surface area contributed by atoms with Crippen molar-refractivity contribution in [1.29, 1.82) is 0 Å². The predicted octanol–water partition coefficient (Wildman–Crippen LogP) is 4.39. The lowest BCUT2D eigenvalue weighted by Gasteiger charge is -2.49. The number of rotatable bonds is 2. The second-order valence-corrected chi connectivity index (χ2v) is 12.0. The van der Waals surface area contributed by atoms with E-state index in [-0.39, 0.29) is 23.6 Å². The first-order valence-electron chi connectivity index (χ1n) is 10.6. The molecule has 0 radical (unpaired) electrons. The van der Waals surface area contributed by atoms with Crippen LogP contribution in [0.2, 0.25) is 0 Å². The Bertz CT molecular complexity index is 1150. The molecule has 2 aromatic carbocycles. The number of carbonyl (C=O) groups excluding carboxylic acids is 1. The molecule has 7 nitrogen and oxygen atoms in total. The van der Waals surface area contributed by atoms with Crippen LogP contribution < -0.4 is 9.21 Å². The minimum atomic E-state index is -3.78. The van der Waals surface area contributed by atoms with Crippen molar-refractivity contribution in [1.82, 2.24) is 4.90 Å². The molecule has 0 spiro atoms. The van der Waals surface area contributed by atoms with Gasteiger partial charge in [0.25, 0.3) is 10.0 Å². The lowest BCUT2D eigenvalue weighted by Crippen LogP contribution is -2.61. The number of fused-ring (bicyclic) bond motifs is 3. The van der Waals surface area contributed by atoms with Gasteiger partial charge in [0.05, 0.1) is 28.9 Å². The van der Waals surface area contributed by atoms with E-state index in [0.717, 1.165) is 15.7 Å². The summed E-state index contributed by atoms with van der Waals surface area (Å²) in [7, 11) is -3.78. The van der Waals surface area contributed by atoms with Crippen LogP contribution in [0.25, 0.3) is 0 Å². The van der Waals surface area contributed by atoms with Crippen molar-refractivity contribution in [2.45, 2.75) is 44.2 Å². The molecule has 4 rings (SSSR count). The number of nitrogens with zero attached hydrogens (tertiary/aromatic N) is 3. The van der Waals surface area contributed by atoms with E-state index in [1.165, 1.54) is 4.31 Å². The van der Waals surface area contributed by atoms with Gasteiger partial charge >= 0.3 is 6.09 Å². The maximum Gasteiger partial charge on any atom is 0.410 e. The molecule has 1 fully saturated rings. The lowest BCUT2D eigenvalue weighted by molar-refractivity contribution is 0.0216. The standard InChI is InChI=1S/C23H28BrN3O4S/c1-16-6-5-7-19(12-16)32(29,30)27-15-18-14-25(22(28)31-23(2,3)4)10-11-26(18)20-9-8-17(24)13-21(20)27/h5-9,12-13,18H,10-11,14-15H2,1-4H3/t18-/m0/s1. The van der Waals surface area contributed by atoms with E-state index in [4.69, 9.17) is 4.74 Å². The van der Waals surface area contributed by atoms with Crippen LogP contribution in [0.4, 0.5) is 16.2 Å². The number of sulfonamides is 1. The third-order valence-corrected chi connectivity index (χ3v) is 7.87. The van der Waals surface area contributed by atoms with Gasteiger partial charge in [0, 0.05) is 24.1 Å². The van der Waals surface area contributed by atoms with Gasteiger partial charge in [0.2, 0.25) is 0 Å². The molecule has 2 heterocycles. The Morgan fingerprint density at radius 3 is 2.50 bits per heavy atom. The molecule has 2 aliphatic heterocycles. The van der Waals surface area contributed by atoms with Crippen molar-refractivity contribution in [2.24, 2.45) is 0 Å². The number of hydrogen-bond donors (Lipinski definition) is 0. The molecule has 0 N–H and O–H groups in total. The highest BCUT2D eigenvalue weighted by molar-refractivity contribution is 9.10. The van der Waals surface area contributed by atoms with Gasteiger partial charge in [0.1, 0.15) is 5.60 Å². The minimum Gasteiger partial charge on any atom is -0.444 e. The molecule has 0 aliphatic carbocycles. The molecule has 2 aromatic rings. The summed E-state index contributed by atoms with van der Waals surface area (Å²) in [5, 5.41) is 0. The molecule has 1 amide bonds. The Morgan fingerprint density at radius 2 is 1.81 bits per heavy atom. The topological polar surface area (TPSA) is 70.2 Å². The lowest BCUT2D eigenvalue weighted by atomic mass is 10.1. The van der Waals surface area contributed by atoms with Crippen LogP contribution >= 0.6 is 15.9 Å². The smallest absolute Gasteiger partial charge is 0.410 e. The Morgan fingerprint density at radius 1 is 1.06 bits per heavy atom. The van der Waals surface area contributed by atoms with Crippen LogP contribution in [-0.4, -0.2) is 57.2 Å². The van der Waals surface area contributed by atoms with E-state index in [2.05, 4.69) is 20.8 Å². The number of aryl methyl sites for hydroxylation is 1. The molecule has 1 saturated heterocycles. The number of anilines is 2. The molecular weight excluding hydrogens is 494 g/mol. The molecule has 0 aromatic heterocycles. The fourth-order valence-electron chi connectivity index (χ4n) is 4.18. The van der Waals surface area contributed by atoms with E-state index in [1.54, 1.807) is 23.1 Å². The summed E-state index contributed by atoms with van der Waals surface area (Å²) in [6.07, 6.45) is -0.369. The Kier molecular flexibility index (Phi) is 5.92. The van der Waals surface area contributed by atoms with Crippen LogP contribution in [0.15, 0.2) is 51.8 Å². The van der Waals surface area contributed by atoms with Gasteiger partial charge in [-0.25, -0.2) is 13.2 Å². The third kappa shape index (κ3) is 4.45. The molecule has 0 bridgehead atoms. The van der Waals surface area contributed by atoms with E-state index in [9.17, 15) is 13.2 Å².